The number of hydrogen-bond donors (Lipinski definition) is 1. The number of anilines is 1. The number of benzene rings is 2. The van der Waals surface area contributed by atoms with Crippen LogP contribution in [-0.4, -0.2) is 32.8 Å². The Morgan fingerprint density at radius 1 is 1.03 bits per heavy atom. The smallest absolute Gasteiger partial charge is 0.338 e. The van der Waals surface area contributed by atoms with Gasteiger partial charge in [0.15, 0.2) is 0 Å². The van der Waals surface area contributed by atoms with E-state index in [-0.39, 0.29) is 18.1 Å². The van der Waals surface area contributed by atoms with Crippen LogP contribution >= 0.6 is 0 Å². The number of carbonyl (C=O) groups excluding carboxylic acids is 2. The maximum atomic E-state index is 13.4. The van der Waals surface area contributed by atoms with Gasteiger partial charge < -0.3 is 14.6 Å². The van der Waals surface area contributed by atoms with E-state index in [1.165, 1.54) is 4.68 Å². The first-order valence-electron chi connectivity index (χ1n) is 11.6. The summed E-state index contributed by atoms with van der Waals surface area (Å²) in [7, 11) is 0. The van der Waals surface area contributed by atoms with Crippen molar-refractivity contribution in [1.82, 2.24) is 14.3 Å². The molecule has 4 rings (SSSR count). The fraction of sp³-hybridized carbons (Fsp3) is 0.259. The largest absolute Gasteiger partial charge is 0.462 e. The Hall–Kier alpha value is -4.20. The summed E-state index contributed by atoms with van der Waals surface area (Å²) in [6.45, 7) is 7.67. The lowest BCUT2D eigenvalue weighted by molar-refractivity contribution is -0.119. The second-order valence-corrected chi connectivity index (χ2v) is 8.24. The van der Waals surface area contributed by atoms with Crippen LogP contribution in [0.2, 0.25) is 0 Å². The Balaban J connectivity index is 1.71. The molecule has 2 aromatic carbocycles. The van der Waals surface area contributed by atoms with Crippen LogP contribution in [0.4, 0.5) is 5.69 Å². The summed E-state index contributed by atoms with van der Waals surface area (Å²) in [6.07, 6.45) is 2.18. The predicted molar refractivity (Wildman–Crippen MR) is 135 cm³/mol. The average Bonchev–Trinajstić information content (AvgIpc) is 3.11. The van der Waals surface area contributed by atoms with E-state index in [1.807, 2.05) is 55.7 Å². The van der Waals surface area contributed by atoms with Gasteiger partial charge in [-0.25, -0.2) is 4.79 Å². The number of aryl methyl sites for hydroxylation is 2. The van der Waals surface area contributed by atoms with Crippen LogP contribution < -0.4 is 10.9 Å². The molecule has 35 heavy (non-hydrogen) atoms. The zero-order valence-electron chi connectivity index (χ0n) is 20.2. The van der Waals surface area contributed by atoms with Crippen molar-refractivity contribution < 1.29 is 14.3 Å². The van der Waals surface area contributed by atoms with Gasteiger partial charge in [0.25, 0.3) is 5.56 Å². The normalized spacial score (nSPS) is 11.9. The van der Waals surface area contributed by atoms with Gasteiger partial charge in [0.05, 0.1) is 29.4 Å². The third kappa shape index (κ3) is 4.47. The summed E-state index contributed by atoms with van der Waals surface area (Å²) < 4.78 is 8.32. The van der Waals surface area contributed by atoms with E-state index < -0.39 is 12.0 Å². The van der Waals surface area contributed by atoms with Gasteiger partial charge in [-0.05, 0) is 57.5 Å². The van der Waals surface area contributed by atoms with E-state index in [2.05, 4.69) is 10.4 Å². The topological polar surface area (TPSA) is 95.2 Å². The second-order valence-electron chi connectivity index (χ2n) is 8.24. The maximum absolute atomic E-state index is 13.4. The number of carbonyl (C=O) groups is 2. The van der Waals surface area contributed by atoms with Gasteiger partial charge in [-0.2, -0.15) is 9.78 Å². The molecular weight excluding hydrogens is 444 g/mol. The Morgan fingerprint density at radius 3 is 2.46 bits per heavy atom. The van der Waals surface area contributed by atoms with E-state index in [0.29, 0.717) is 34.4 Å². The molecule has 2 aromatic heterocycles. The average molecular weight is 473 g/mol. The summed E-state index contributed by atoms with van der Waals surface area (Å²) in [5.41, 5.74) is 2.81. The molecule has 0 fully saturated rings. The number of nitrogens with zero attached hydrogens (tertiary/aromatic N) is 3. The number of esters is 1. The summed E-state index contributed by atoms with van der Waals surface area (Å²) in [5.74, 6) is -0.683. The van der Waals surface area contributed by atoms with Crippen molar-refractivity contribution >= 4 is 28.3 Å². The molecule has 1 atom stereocenters. The van der Waals surface area contributed by atoms with E-state index >= 15 is 0 Å². The number of para-hydroxylation sites is 1. The highest BCUT2D eigenvalue weighted by Gasteiger charge is 2.26. The standard InChI is InChI=1S/C27H28N4O4/c1-5-23(25(32)29-20-12-10-11-19(15-20)27(34)35-6-2)30-17(3)22-16-28-31(21-13-8-7-9-14-21)26(33)24(22)18(30)4/h7-16,23H,5-6H2,1-4H3,(H,29,32). The summed E-state index contributed by atoms with van der Waals surface area (Å²) in [6, 6.07) is 15.3. The Labute approximate surface area is 203 Å². The first kappa shape index (κ1) is 23.9. The van der Waals surface area contributed by atoms with Crippen molar-refractivity contribution in [3.63, 3.8) is 0 Å². The number of hydrogen-bond acceptors (Lipinski definition) is 5. The molecule has 0 bridgehead atoms. The highest BCUT2D eigenvalue weighted by Crippen LogP contribution is 2.28. The van der Waals surface area contributed by atoms with Crippen molar-refractivity contribution in [2.45, 2.75) is 40.2 Å². The summed E-state index contributed by atoms with van der Waals surface area (Å²) >= 11 is 0. The lowest BCUT2D eigenvalue weighted by atomic mass is 10.1. The van der Waals surface area contributed by atoms with E-state index in [4.69, 9.17) is 4.74 Å². The molecule has 0 aliphatic heterocycles. The molecule has 0 saturated heterocycles. The highest BCUT2D eigenvalue weighted by molar-refractivity contribution is 5.97. The van der Waals surface area contributed by atoms with Gasteiger partial charge in [0, 0.05) is 22.5 Å². The third-order valence-electron chi connectivity index (χ3n) is 6.10. The van der Waals surface area contributed by atoms with E-state index in [9.17, 15) is 14.4 Å². The molecule has 8 nitrogen and oxygen atoms in total. The van der Waals surface area contributed by atoms with Crippen LogP contribution in [0.1, 0.15) is 48.1 Å². The Kier molecular flexibility index (Phi) is 6.82. The molecule has 180 valence electrons. The minimum atomic E-state index is -0.557. The first-order valence-corrected chi connectivity index (χ1v) is 11.6. The fourth-order valence-electron chi connectivity index (χ4n) is 4.45. The predicted octanol–water partition coefficient (Wildman–Crippen LogP) is 4.57. The second kappa shape index (κ2) is 9.97. The van der Waals surface area contributed by atoms with Crippen molar-refractivity contribution in [3.05, 3.63) is 88.1 Å². The molecule has 0 aliphatic rings. The quantitative estimate of drug-likeness (QED) is 0.398. The number of fused-ring (bicyclic) bond motifs is 1. The number of nitrogens with one attached hydrogen (secondary N) is 1. The van der Waals surface area contributed by atoms with Gasteiger partial charge in [0.2, 0.25) is 5.91 Å². The molecule has 2 heterocycles. The van der Waals surface area contributed by atoms with Crippen LogP contribution in [0.15, 0.2) is 65.6 Å². The van der Waals surface area contributed by atoms with Crippen molar-refractivity contribution in [2.24, 2.45) is 0 Å². The Morgan fingerprint density at radius 2 is 1.77 bits per heavy atom. The SMILES string of the molecule is CCOC(=O)c1cccc(NC(=O)C(CC)n2c(C)c3cnn(-c4ccccc4)c(=O)c3c2C)c1. The lowest BCUT2D eigenvalue weighted by Gasteiger charge is -2.21. The van der Waals surface area contributed by atoms with Gasteiger partial charge in [-0.15, -0.1) is 0 Å². The van der Waals surface area contributed by atoms with Crippen LogP contribution in [-0.2, 0) is 9.53 Å². The molecule has 8 heteroatoms. The zero-order chi connectivity index (χ0) is 25.1. The van der Waals surface area contributed by atoms with Gasteiger partial charge in [-0.1, -0.05) is 31.2 Å². The number of aromatic nitrogens is 3. The molecule has 0 spiro atoms. The third-order valence-corrected chi connectivity index (χ3v) is 6.10. The van der Waals surface area contributed by atoms with Crippen molar-refractivity contribution in [1.29, 1.82) is 0 Å². The van der Waals surface area contributed by atoms with Crippen LogP contribution in [0.5, 0.6) is 0 Å². The minimum absolute atomic E-state index is 0.231. The highest BCUT2D eigenvalue weighted by atomic mass is 16.5. The molecular formula is C27H28N4O4. The molecule has 1 unspecified atom stereocenters. The number of rotatable bonds is 7. The van der Waals surface area contributed by atoms with Crippen molar-refractivity contribution in [3.8, 4) is 5.69 Å². The molecule has 1 amide bonds. The van der Waals surface area contributed by atoms with Crippen molar-refractivity contribution in [2.75, 3.05) is 11.9 Å². The molecule has 0 aliphatic carbocycles. The molecule has 4 aromatic rings. The van der Waals surface area contributed by atoms with Gasteiger partial charge >= 0.3 is 5.97 Å². The number of amides is 1. The summed E-state index contributed by atoms with van der Waals surface area (Å²) in [4.78, 5) is 38.8. The first-order chi connectivity index (χ1) is 16.9. The van der Waals surface area contributed by atoms with Gasteiger partial charge in [-0.3, -0.25) is 9.59 Å². The fourth-order valence-corrected chi connectivity index (χ4v) is 4.45. The maximum Gasteiger partial charge on any atom is 0.338 e. The van der Waals surface area contributed by atoms with Crippen LogP contribution in [0.25, 0.3) is 16.5 Å². The van der Waals surface area contributed by atoms with Gasteiger partial charge in [0.1, 0.15) is 6.04 Å². The van der Waals surface area contributed by atoms with E-state index in [0.717, 1.165) is 11.1 Å². The minimum Gasteiger partial charge on any atom is -0.462 e. The molecule has 0 saturated carbocycles. The lowest BCUT2D eigenvalue weighted by Crippen LogP contribution is -2.27. The van der Waals surface area contributed by atoms with E-state index in [1.54, 1.807) is 37.4 Å². The Bertz CT molecular complexity index is 1450. The summed E-state index contributed by atoms with van der Waals surface area (Å²) in [5, 5.41) is 8.55. The molecule has 1 N–H and O–H groups in total. The zero-order valence-corrected chi connectivity index (χ0v) is 20.2. The molecule has 0 radical (unpaired) electrons. The monoisotopic (exact) mass is 472 g/mol. The number of ether oxygens (including phenoxy) is 1. The van der Waals surface area contributed by atoms with Crippen LogP contribution in [0.3, 0.4) is 0 Å². The van der Waals surface area contributed by atoms with Crippen LogP contribution in [0, 0.1) is 13.8 Å².